The number of nitrogens with zero attached hydrogens (tertiary/aromatic N) is 1. The Morgan fingerprint density at radius 1 is 1.02 bits per heavy atom. The number of alkyl carbamates (subject to hydrolysis) is 1. The van der Waals surface area contributed by atoms with Crippen LogP contribution in [0.1, 0.15) is 90.7 Å². The average molecular weight is 907 g/mol. The summed E-state index contributed by atoms with van der Waals surface area (Å²) in [5.41, 5.74) is 0.189. The predicted octanol–water partition coefficient (Wildman–Crippen LogP) is 5.37. The number of amides is 4. The second-order valence-corrected chi connectivity index (χ2v) is 21.1. The second kappa shape index (κ2) is 15.7. The van der Waals surface area contributed by atoms with Crippen molar-refractivity contribution in [3.05, 3.63) is 53.6 Å². The lowest BCUT2D eigenvalue weighted by Gasteiger charge is -2.36. The number of fused-ring (bicyclic) bond motifs is 12. The van der Waals surface area contributed by atoms with Gasteiger partial charge < -0.3 is 29.7 Å². The van der Waals surface area contributed by atoms with E-state index in [1.807, 2.05) is 87.5 Å². The number of carbonyl (C=O) groups excluding carboxylic acids is 4. The summed E-state index contributed by atoms with van der Waals surface area (Å²) in [5.74, 6) is -1.16. The normalized spacial score (nSPS) is 28.4. The number of halogens is 1. The highest BCUT2D eigenvalue weighted by molar-refractivity contribution is 14.1. The van der Waals surface area contributed by atoms with Gasteiger partial charge >= 0.3 is 6.09 Å². The molecule has 3 aliphatic heterocycles. The second-order valence-electron chi connectivity index (χ2n) is 17.7. The quantitative estimate of drug-likeness (QED) is 0.245. The summed E-state index contributed by atoms with van der Waals surface area (Å²) in [7, 11) is -0.684. The van der Waals surface area contributed by atoms with Crippen LogP contribution < -0.4 is 20.1 Å². The molecule has 4 amide bonds. The first-order valence-electron chi connectivity index (χ1n) is 19.3. The molecule has 2 saturated carbocycles. The van der Waals surface area contributed by atoms with Crippen molar-refractivity contribution in [3.8, 4) is 16.9 Å². The Labute approximate surface area is 343 Å². The van der Waals surface area contributed by atoms with Crippen molar-refractivity contribution >= 4 is 56.4 Å². The van der Waals surface area contributed by atoms with Crippen molar-refractivity contribution in [3.63, 3.8) is 0 Å². The SMILES string of the molecule is COc1ccc2c(c1)CCCCC(C)(C)COC(=O)N[C@@H](C(C)(C)C)C(=O)N1C[C@@](OC)(C[C@H]1C(=O)N[C@]1(C(=O)NS(=O)(=O)C3CC3)C[C@H]1I)c1ccc-2cc1. The Balaban J connectivity index is 1.39. The molecule has 13 nitrogen and oxygen atoms in total. The average Bonchev–Trinajstić information content (AvgIpc) is 4.07. The smallest absolute Gasteiger partial charge is 0.407 e. The van der Waals surface area contributed by atoms with E-state index in [1.165, 1.54) is 12.0 Å². The highest BCUT2D eigenvalue weighted by Crippen LogP contribution is 2.46. The molecule has 3 fully saturated rings. The molecule has 0 radical (unpaired) electrons. The largest absolute Gasteiger partial charge is 0.497 e. The molecule has 56 heavy (non-hydrogen) atoms. The fraction of sp³-hybridized carbons (Fsp3) is 0.610. The molecule has 3 N–H and O–H groups in total. The summed E-state index contributed by atoms with van der Waals surface area (Å²) < 4.78 is 44.9. The standard InChI is InChI=1S/C41H55IN4O9S/c1-38(2,3)33-35(48)46-23-40(54-7,21-31(46)34(47)44-41(22-32(41)42)36(49)45-56(51,52)29-16-17-29)27-13-11-25(12-14-27)30-18-15-28(53-6)20-26(30)10-8-9-19-39(4,5)24-55-37(50)43-33/h11-15,18,20,29,31-33H,8-10,16-17,19,21-24H2,1-7H3,(H,43,50)(H,44,47)(H,45,49)/t31-,32+,33+,40-,41+/m0/s1. The van der Waals surface area contributed by atoms with Crippen LogP contribution in [0.3, 0.4) is 0 Å². The van der Waals surface area contributed by atoms with Gasteiger partial charge in [-0.25, -0.2) is 13.2 Å². The zero-order chi connectivity index (χ0) is 40.8. The first kappa shape index (κ1) is 42.2. The maximum atomic E-state index is 14.8. The number of alkyl halides is 1. The third-order valence-corrected chi connectivity index (χ3v) is 15.0. The highest BCUT2D eigenvalue weighted by atomic mass is 127. The van der Waals surface area contributed by atoms with Gasteiger partial charge in [0.2, 0.25) is 21.8 Å². The van der Waals surface area contributed by atoms with Gasteiger partial charge in [0.05, 0.1) is 25.5 Å². The molecule has 306 valence electrons. The highest BCUT2D eigenvalue weighted by Gasteiger charge is 2.63. The van der Waals surface area contributed by atoms with Gasteiger partial charge in [0.1, 0.15) is 29.0 Å². The molecule has 0 unspecified atom stereocenters. The number of sulfonamides is 1. The maximum absolute atomic E-state index is 14.8. The molecule has 7 rings (SSSR count). The van der Waals surface area contributed by atoms with E-state index in [0.29, 0.717) is 12.8 Å². The summed E-state index contributed by atoms with van der Waals surface area (Å²) in [6.07, 6.45) is 3.92. The number of ether oxygens (including phenoxy) is 3. The number of methoxy groups -OCH3 is 2. The molecule has 15 heteroatoms. The topological polar surface area (TPSA) is 169 Å². The minimum atomic E-state index is -3.87. The number of nitrogens with one attached hydrogen (secondary N) is 3. The first-order valence-corrected chi connectivity index (χ1v) is 22.1. The molecule has 2 aliphatic carbocycles. The van der Waals surface area contributed by atoms with Crippen LogP contribution in [-0.2, 0) is 45.9 Å². The van der Waals surface area contributed by atoms with Gasteiger partial charge in [-0.05, 0) is 83.7 Å². The molecule has 0 spiro atoms. The molecule has 5 aliphatic rings. The number of benzene rings is 2. The minimum absolute atomic E-state index is 0.0349. The molecule has 1 saturated heterocycles. The summed E-state index contributed by atoms with van der Waals surface area (Å²) in [6, 6.07) is 11.8. The third-order valence-electron chi connectivity index (χ3n) is 11.7. The Morgan fingerprint density at radius 3 is 2.29 bits per heavy atom. The van der Waals surface area contributed by atoms with Crippen LogP contribution in [0.25, 0.3) is 11.1 Å². The van der Waals surface area contributed by atoms with Gasteiger partial charge in [-0.1, -0.05) is 94.0 Å². The summed E-state index contributed by atoms with van der Waals surface area (Å²) in [4.78, 5) is 57.7. The molecular weight excluding hydrogens is 851 g/mol. The number of hydrogen-bond donors (Lipinski definition) is 3. The Morgan fingerprint density at radius 2 is 1.70 bits per heavy atom. The molecule has 3 heterocycles. The van der Waals surface area contributed by atoms with Crippen molar-refractivity contribution in [2.75, 3.05) is 27.4 Å². The lowest BCUT2D eigenvalue weighted by molar-refractivity contribution is -0.143. The molecule has 4 bridgehead atoms. The van der Waals surface area contributed by atoms with Crippen molar-refractivity contribution in [1.82, 2.24) is 20.3 Å². The number of carbonyl (C=O) groups is 4. The molecular formula is C41H55IN4O9S. The van der Waals surface area contributed by atoms with Crippen molar-refractivity contribution in [1.29, 1.82) is 0 Å². The van der Waals surface area contributed by atoms with E-state index in [4.69, 9.17) is 14.2 Å². The third kappa shape index (κ3) is 8.83. The Bertz CT molecular complexity index is 1960. The number of aryl methyl sites for hydroxylation is 1. The van der Waals surface area contributed by atoms with Crippen LogP contribution in [-0.4, -0.2) is 91.3 Å². The van der Waals surface area contributed by atoms with Gasteiger partial charge in [0.15, 0.2) is 0 Å². The first-order chi connectivity index (χ1) is 26.2. The Hall–Kier alpha value is -3.44. The van der Waals surface area contributed by atoms with Crippen molar-refractivity contribution in [2.24, 2.45) is 10.8 Å². The van der Waals surface area contributed by atoms with Gasteiger partial charge in [-0.3, -0.25) is 19.1 Å². The monoisotopic (exact) mass is 906 g/mol. The molecule has 5 atom stereocenters. The minimum Gasteiger partial charge on any atom is -0.497 e. The van der Waals surface area contributed by atoms with Crippen LogP contribution in [0.2, 0.25) is 0 Å². The lowest BCUT2D eigenvalue weighted by Crippen LogP contribution is -2.60. The van der Waals surface area contributed by atoms with Crippen LogP contribution in [0.15, 0.2) is 42.5 Å². The fourth-order valence-corrected chi connectivity index (χ4v) is 10.3. The van der Waals surface area contributed by atoms with E-state index in [1.54, 1.807) is 7.11 Å². The fourth-order valence-electron chi connectivity index (χ4n) is 7.81. The van der Waals surface area contributed by atoms with Gasteiger partial charge in [0, 0.05) is 17.5 Å². The molecule has 0 aromatic heterocycles. The van der Waals surface area contributed by atoms with Crippen LogP contribution in [0.4, 0.5) is 4.79 Å². The van der Waals surface area contributed by atoms with Gasteiger partial charge in [0.25, 0.3) is 5.91 Å². The van der Waals surface area contributed by atoms with Gasteiger partial charge in [-0.2, -0.15) is 0 Å². The summed E-state index contributed by atoms with van der Waals surface area (Å²) >= 11 is 2.03. The van der Waals surface area contributed by atoms with E-state index < -0.39 is 67.7 Å². The van der Waals surface area contributed by atoms with Gasteiger partial charge in [-0.15, -0.1) is 0 Å². The summed E-state index contributed by atoms with van der Waals surface area (Å²) in [5, 5.41) is 5.06. The van der Waals surface area contributed by atoms with E-state index in [0.717, 1.165) is 53.7 Å². The summed E-state index contributed by atoms with van der Waals surface area (Å²) in [6.45, 7) is 9.66. The molecule has 2 aromatic carbocycles. The number of hydrogen-bond acceptors (Lipinski definition) is 9. The van der Waals surface area contributed by atoms with E-state index in [2.05, 4.69) is 27.5 Å². The zero-order valence-corrected chi connectivity index (χ0v) is 36.3. The van der Waals surface area contributed by atoms with E-state index >= 15 is 0 Å². The van der Waals surface area contributed by atoms with Crippen molar-refractivity contribution in [2.45, 2.75) is 118 Å². The number of rotatable bonds is 7. The zero-order valence-electron chi connectivity index (χ0n) is 33.3. The van der Waals surface area contributed by atoms with E-state index in [9.17, 15) is 27.6 Å². The lowest BCUT2D eigenvalue weighted by atomic mass is 9.85. The van der Waals surface area contributed by atoms with E-state index in [-0.39, 0.29) is 35.3 Å². The molecule has 2 aromatic rings. The van der Waals surface area contributed by atoms with Crippen molar-refractivity contribution < 1.29 is 41.8 Å². The Kier molecular flexibility index (Phi) is 11.8. The van der Waals surface area contributed by atoms with Crippen LogP contribution >= 0.6 is 22.6 Å². The van der Waals surface area contributed by atoms with Crippen LogP contribution in [0, 0.1) is 10.8 Å². The van der Waals surface area contributed by atoms with Crippen LogP contribution in [0.5, 0.6) is 5.75 Å². The maximum Gasteiger partial charge on any atom is 0.407 e. The predicted molar refractivity (Wildman–Crippen MR) is 220 cm³/mol.